The summed E-state index contributed by atoms with van der Waals surface area (Å²) in [4.78, 5) is 14.6. The summed E-state index contributed by atoms with van der Waals surface area (Å²) in [6.45, 7) is 3.42. The molecule has 3 rings (SSSR count). The minimum absolute atomic E-state index is 0.0189. The lowest BCUT2D eigenvalue weighted by molar-refractivity contribution is -0.157. The zero-order chi connectivity index (χ0) is 16.2. The Morgan fingerprint density at radius 3 is 2.87 bits per heavy atom. The van der Waals surface area contributed by atoms with Gasteiger partial charge in [-0.15, -0.1) is 0 Å². The van der Waals surface area contributed by atoms with Gasteiger partial charge in [0.2, 0.25) is 5.91 Å². The largest absolute Gasteiger partial charge is 0.396 e. The summed E-state index contributed by atoms with van der Waals surface area (Å²) in [6, 6.07) is 10.2. The Morgan fingerprint density at radius 1 is 1.35 bits per heavy atom. The van der Waals surface area contributed by atoms with E-state index < -0.39 is 0 Å². The zero-order valence-electron chi connectivity index (χ0n) is 13.6. The van der Waals surface area contributed by atoms with Gasteiger partial charge < -0.3 is 14.7 Å². The van der Waals surface area contributed by atoms with Crippen molar-refractivity contribution in [1.82, 2.24) is 10.2 Å². The van der Waals surface area contributed by atoms with Crippen LogP contribution in [-0.4, -0.2) is 47.4 Å². The molecular formula is C18H26N2O3. The second-order valence-corrected chi connectivity index (χ2v) is 6.53. The van der Waals surface area contributed by atoms with Gasteiger partial charge in [0.15, 0.2) is 0 Å². The third-order valence-corrected chi connectivity index (χ3v) is 4.96. The Kier molecular flexibility index (Phi) is 5.30. The van der Waals surface area contributed by atoms with Crippen molar-refractivity contribution in [3.8, 4) is 0 Å². The molecule has 0 bridgehead atoms. The number of nitrogens with one attached hydrogen (secondary N) is 1. The molecule has 2 N–H and O–H groups in total. The van der Waals surface area contributed by atoms with Crippen LogP contribution in [-0.2, 0) is 16.1 Å². The van der Waals surface area contributed by atoms with Crippen LogP contribution in [0.2, 0.25) is 0 Å². The number of benzene rings is 1. The standard InChI is InChI=1S/C18H26N2O3/c1-13-15(9-11-21)18(22)20-10-5-8-16(17(20)19-13)23-12-14-6-3-2-4-7-14/h2-4,6-7,13,15-17,19,21H,5,8-12H2,1H3. The van der Waals surface area contributed by atoms with Crippen LogP contribution in [0.3, 0.4) is 0 Å². The molecule has 1 amide bonds. The van der Waals surface area contributed by atoms with Gasteiger partial charge in [-0.3, -0.25) is 10.1 Å². The summed E-state index contributed by atoms with van der Waals surface area (Å²) in [6.07, 6.45) is 2.41. The number of nitrogens with zero attached hydrogens (tertiary/aromatic N) is 1. The minimum atomic E-state index is -0.135. The fourth-order valence-corrected chi connectivity index (χ4v) is 3.68. The smallest absolute Gasteiger partial charge is 0.228 e. The van der Waals surface area contributed by atoms with Crippen LogP contribution in [0.5, 0.6) is 0 Å². The molecule has 2 heterocycles. The van der Waals surface area contributed by atoms with Crippen molar-refractivity contribution < 1.29 is 14.6 Å². The van der Waals surface area contributed by atoms with Gasteiger partial charge in [-0.2, -0.15) is 0 Å². The van der Waals surface area contributed by atoms with Crippen molar-refractivity contribution in [3.63, 3.8) is 0 Å². The summed E-state index contributed by atoms with van der Waals surface area (Å²) < 4.78 is 6.12. The van der Waals surface area contributed by atoms with E-state index in [1.54, 1.807) is 0 Å². The number of rotatable bonds is 5. The van der Waals surface area contributed by atoms with E-state index in [1.165, 1.54) is 0 Å². The third-order valence-electron chi connectivity index (χ3n) is 4.96. The Balaban J connectivity index is 1.66. The van der Waals surface area contributed by atoms with Crippen molar-refractivity contribution in [2.24, 2.45) is 5.92 Å². The van der Waals surface area contributed by atoms with Crippen LogP contribution >= 0.6 is 0 Å². The van der Waals surface area contributed by atoms with Gasteiger partial charge >= 0.3 is 0 Å². The van der Waals surface area contributed by atoms with Crippen molar-refractivity contribution >= 4 is 5.91 Å². The SMILES string of the molecule is CC1NC2C(OCc3ccccc3)CCCN2C(=O)C1CCO. The summed E-state index contributed by atoms with van der Waals surface area (Å²) in [5.41, 5.74) is 1.15. The molecule has 0 spiro atoms. The highest BCUT2D eigenvalue weighted by Gasteiger charge is 2.44. The Morgan fingerprint density at radius 2 is 2.13 bits per heavy atom. The first-order valence-electron chi connectivity index (χ1n) is 8.53. The minimum Gasteiger partial charge on any atom is -0.396 e. The number of carbonyl (C=O) groups is 1. The molecule has 0 radical (unpaired) electrons. The van der Waals surface area contributed by atoms with Gasteiger partial charge in [-0.1, -0.05) is 30.3 Å². The van der Waals surface area contributed by atoms with E-state index in [4.69, 9.17) is 4.74 Å². The second-order valence-electron chi connectivity index (χ2n) is 6.53. The van der Waals surface area contributed by atoms with Gasteiger partial charge in [-0.25, -0.2) is 0 Å². The monoisotopic (exact) mass is 318 g/mol. The number of carbonyl (C=O) groups excluding carboxylic acids is 1. The van der Waals surface area contributed by atoms with Crippen LogP contribution in [0.15, 0.2) is 30.3 Å². The normalized spacial score (nSPS) is 31.0. The van der Waals surface area contributed by atoms with E-state index in [0.29, 0.717) is 13.0 Å². The van der Waals surface area contributed by atoms with Crippen molar-refractivity contribution in [1.29, 1.82) is 0 Å². The molecule has 1 aromatic carbocycles. The van der Waals surface area contributed by atoms with Gasteiger partial charge in [-0.05, 0) is 31.7 Å². The molecule has 23 heavy (non-hydrogen) atoms. The maximum atomic E-state index is 12.7. The van der Waals surface area contributed by atoms with Crippen LogP contribution in [0.1, 0.15) is 31.7 Å². The molecule has 0 saturated carbocycles. The van der Waals surface area contributed by atoms with E-state index in [9.17, 15) is 9.90 Å². The number of hydrogen-bond donors (Lipinski definition) is 2. The summed E-state index contributed by atoms with van der Waals surface area (Å²) in [7, 11) is 0. The average molecular weight is 318 g/mol. The molecule has 126 valence electrons. The Hall–Kier alpha value is -1.43. The second kappa shape index (κ2) is 7.43. The first kappa shape index (κ1) is 16.4. The molecule has 2 fully saturated rings. The van der Waals surface area contributed by atoms with E-state index in [1.807, 2.05) is 30.0 Å². The number of hydrogen-bond acceptors (Lipinski definition) is 4. The molecular weight excluding hydrogens is 292 g/mol. The van der Waals surface area contributed by atoms with Gasteiger partial charge in [0.25, 0.3) is 0 Å². The highest BCUT2D eigenvalue weighted by Crippen LogP contribution is 2.28. The number of ether oxygens (including phenoxy) is 1. The topological polar surface area (TPSA) is 61.8 Å². The predicted octanol–water partition coefficient (Wildman–Crippen LogP) is 1.51. The first-order valence-corrected chi connectivity index (χ1v) is 8.53. The lowest BCUT2D eigenvalue weighted by atomic mass is 9.89. The van der Waals surface area contributed by atoms with E-state index in [-0.39, 0.29) is 36.7 Å². The lowest BCUT2D eigenvalue weighted by Gasteiger charge is -2.49. The summed E-state index contributed by atoms with van der Waals surface area (Å²) in [5, 5.41) is 12.7. The third kappa shape index (κ3) is 3.57. The lowest BCUT2D eigenvalue weighted by Crippen LogP contribution is -2.68. The first-order chi connectivity index (χ1) is 11.2. The highest BCUT2D eigenvalue weighted by atomic mass is 16.5. The Labute approximate surface area is 137 Å². The number of aliphatic hydroxyl groups excluding tert-OH is 1. The van der Waals surface area contributed by atoms with E-state index in [0.717, 1.165) is 24.9 Å². The Bertz CT molecular complexity index is 522. The van der Waals surface area contributed by atoms with Gasteiger partial charge in [0.1, 0.15) is 6.17 Å². The molecule has 0 aliphatic carbocycles. The molecule has 4 atom stereocenters. The molecule has 4 unspecified atom stereocenters. The number of piperidine rings is 1. The molecule has 5 heteroatoms. The summed E-state index contributed by atoms with van der Waals surface area (Å²) >= 11 is 0. The molecule has 2 aliphatic heterocycles. The quantitative estimate of drug-likeness (QED) is 0.864. The number of fused-ring (bicyclic) bond motifs is 1. The maximum Gasteiger partial charge on any atom is 0.228 e. The highest BCUT2D eigenvalue weighted by molar-refractivity contribution is 5.81. The molecule has 2 saturated heterocycles. The van der Waals surface area contributed by atoms with E-state index in [2.05, 4.69) is 17.4 Å². The predicted molar refractivity (Wildman–Crippen MR) is 87.5 cm³/mol. The van der Waals surface area contributed by atoms with Crippen molar-refractivity contribution in [3.05, 3.63) is 35.9 Å². The molecule has 0 aromatic heterocycles. The average Bonchev–Trinajstić information content (AvgIpc) is 2.58. The summed E-state index contributed by atoms with van der Waals surface area (Å²) in [5.74, 6) is 0.0208. The molecule has 1 aromatic rings. The number of amides is 1. The molecule has 2 aliphatic rings. The zero-order valence-corrected chi connectivity index (χ0v) is 13.6. The van der Waals surface area contributed by atoms with Crippen LogP contribution in [0.25, 0.3) is 0 Å². The van der Waals surface area contributed by atoms with Gasteiger partial charge in [0.05, 0.1) is 18.6 Å². The van der Waals surface area contributed by atoms with Gasteiger partial charge in [0, 0.05) is 19.2 Å². The molecule has 5 nitrogen and oxygen atoms in total. The van der Waals surface area contributed by atoms with Crippen LogP contribution < -0.4 is 5.32 Å². The van der Waals surface area contributed by atoms with E-state index >= 15 is 0 Å². The maximum absolute atomic E-state index is 12.7. The van der Waals surface area contributed by atoms with Crippen LogP contribution in [0.4, 0.5) is 0 Å². The fourth-order valence-electron chi connectivity index (χ4n) is 3.68. The number of aliphatic hydroxyl groups is 1. The fraction of sp³-hybridized carbons (Fsp3) is 0.611. The van der Waals surface area contributed by atoms with Crippen molar-refractivity contribution in [2.45, 2.75) is 51.1 Å². The van der Waals surface area contributed by atoms with Crippen molar-refractivity contribution in [2.75, 3.05) is 13.2 Å². The van der Waals surface area contributed by atoms with Crippen LogP contribution in [0, 0.1) is 5.92 Å².